The van der Waals surface area contributed by atoms with Crippen LogP contribution in [0, 0.1) is 0 Å². The molecule has 0 atom stereocenters. The van der Waals surface area contributed by atoms with E-state index in [4.69, 9.17) is 19.2 Å². The topological polar surface area (TPSA) is 77.8 Å². The van der Waals surface area contributed by atoms with Crippen LogP contribution >= 0.6 is 103 Å². The molecule has 0 bridgehead atoms. The van der Waals surface area contributed by atoms with E-state index < -0.39 is 7.82 Å². The summed E-state index contributed by atoms with van der Waals surface area (Å²) in [6.07, 6.45) is 0. The highest BCUT2D eigenvalue weighted by Gasteiger charge is 2.00. The molecule has 3 N–H and O–H groups in total. The van der Waals surface area contributed by atoms with Gasteiger partial charge in [0.15, 0.2) is 0 Å². The summed E-state index contributed by atoms with van der Waals surface area (Å²) in [4.78, 5) is 21.6. The zero-order valence-corrected chi connectivity index (χ0v) is 20.6. The van der Waals surface area contributed by atoms with E-state index in [9.17, 15) is 0 Å². The van der Waals surface area contributed by atoms with Crippen molar-refractivity contribution in [2.24, 2.45) is 0 Å². The van der Waals surface area contributed by atoms with Crippen molar-refractivity contribution in [3.8, 4) is 0 Å². The predicted octanol–water partition coefficient (Wildman–Crippen LogP) is 5.94. The molecule has 0 aliphatic heterocycles. The monoisotopic (exact) mass is 692 g/mol. The minimum Gasteiger partial charge on any atom is -0.303 e. The molecule has 0 amide bonds. The molecule has 0 aliphatic rings. The van der Waals surface area contributed by atoms with Gasteiger partial charge in [0.2, 0.25) is 0 Å². The Morgan fingerprint density at radius 1 is 0.750 bits per heavy atom. The van der Waals surface area contributed by atoms with E-state index in [1.165, 1.54) is 0 Å². The van der Waals surface area contributed by atoms with E-state index in [-0.39, 0.29) is 0 Å². The highest BCUT2D eigenvalue weighted by molar-refractivity contribution is 9.14. The van der Waals surface area contributed by atoms with Gasteiger partial charge in [0.1, 0.15) is 0 Å². The second kappa shape index (κ2) is 21.2. The Morgan fingerprint density at radius 3 is 0.800 bits per heavy atom. The van der Waals surface area contributed by atoms with Crippen molar-refractivity contribution in [1.82, 2.24) is 0 Å². The van der Waals surface area contributed by atoms with Crippen molar-refractivity contribution in [2.45, 2.75) is 0 Å². The molecule has 122 valence electrons. The SMILES string of the molecule is C=C(Br)CBr.C=C(Br)CBr.C=C(Br)CBr.O=P(O)(O)O. The molecular weight excluding hydrogens is 682 g/mol. The van der Waals surface area contributed by atoms with Gasteiger partial charge in [-0.2, -0.15) is 0 Å². The van der Waals surface area contributed by atoms with Gasteiger partial charge in [0, 0.05) is 16.0 Å². The minimum absolute atomic E-state index is 0.840. The third-order valence-electron chi connectivity index (χ3n) is 0.435. The Hall–Kier alpha value is 2.21. The molecule has 4 nitrogen and oxygen atoms in total. The van der Waals surface area contributed by atoms with Crippen molar-refractivity contribution in [1.29, 1.82) is 0 Å². The third kappa shape index (κ3) is 111. The maximum atomic E-state index is 8.88. The van der Waals surface area contributed by atoms with Gasteiger partial charge in [-0.05, 0) is 13.4 Å². The van der Waals surface area contributed by atoms with Gasteiger partial charge in [-0.25, -0.2) is 4.57 Å². The summed E-state index contributed by atoms with van der Waals surface area (Å²) < 4.78 is 11.8. The molecule has 0 aliphatic carbocycles. The summed E-state index contributed by atoms with van der Waals surface area (Å²) in [6, 6.07) is 0. The average molecular weight is 698 g/mol. The van der Waals surface area contributed by atoms with Gasteiger partial charge in [0.25, 0.3) is 0 Å². The molecular formula is C9H15Br6O4P. The maximum absolute atomic E-state index is 8.88. The van der Waals surface area contributed by atoms with Gasteiger partial charge in [-0.1, -0.05) is 115 Å². The van der Waals surface area contributed by atoms with Crippen LogP contribution in [0.3, 0.4) is 0 Å². The van der Waals surface area contributed by atoms with Crippen molar-refractivity contribution in [3.63, 3.8) is 0 Å². The molecule has 0 aromatic carbocycles. The van der Waals surface area contributed by atoms with Crippen LogP contribution in [0.5, 0.6) is 0 Å². The molecule has 0 saturated heterocycles. The Morgan fingerprint density at radius 2 is 0.800 bits per heavy atom. The molecule has 20 heavy (non-hydrogen) atoms. The molecule has 0 saturated carbocycles. The van der Waals surface area contributed by atoms with E-state index in [1.807, 2.05) is 0 Å². The number of rotatable bonds is 3. The predicted molar refractivity (Wildman–Crippen MR) is 110 cm³/mol. The maximum Gasteiger partial charge on any atom is 0.466 e. The quantitative estimate of drug-likeness (QED) is 0.252. The summed E-state index contributed by atoms with van der Waals surface area (Å²) in [5.74, 6) is 0. The number of halogens is 6. The third-order valence-corrected chi connectivity index (χ3v) is 5.56. The zero-order valence-electron chi connectivity index (χ0n) is 10.2. The largest absolute Gasteiger partial charge is 0.466 e. The van der Waals surface area contributed by atoms with Crippen LogP contribution < -0.4 is 0 Å². The Labute approximate surface area is 170 Å². The molecule has 0 spiro atoms. The molecule has 0 aromatic heterocycles. The molecule has 0 unspecified atom stereocenters. The summed E-state index contributed by atoms with van der Waals surface area (Å²) >= 11 is 18.9. The summed E-state index contributed by atoms with van der Waals surface area (Å²) in [7, 11) is -4.64. The molecule has 0 rings (SSSR count). The lowest BCUT2D eigenvalue weighted by atomic mass is 10.8. The minimum atomic E-state index is -4.64. The molecule has 0 radical (unpaired) electrons. The van der Waals surface area contributed by atoms with E-state index in [0.29, 0.717) is 0 Å². The van der Waals surface area contributed by atoms with Gasteiger partial charge in [0.05, 0.1) is 0 Å². The number of hydrogen-bond acceptors (Lipinski definition) is 1. The second-order valence-electron chi connectivity index (χ2n) is 2.47. The lowest BCUT2D eigenvalue weighted by Crippen LogP contribution is -1.66. The van der Waals surface area contributed by atoms with E-state index in [0.717, 1.165) is 29.4 Å². The fraction of sp³-hybridized carbons (Fsp3) is 0.333. The van der Waals surface area contributed by atoms with Gasteiger partial charge >= 0.3 is 7.82 Å². The first-order valence-electron chi connectivity index (χ1n) is 4.27. The van der Waals surface area contributed by atoms with E-state index in [1.54, 1.807) is 0 Å². The molecule has 11 heteroatoms. The number of alkyl halides is 3. The summed E-state index contributed by atoms with van der Waals surface area (Å²) in [6.45, 7) is 10.6. The van der Waals surface area contributed by atoms with Crippen LogP contribution in [0.4, 0.5) is 0 Å². The van der Waals surface area contributed by atoms with Gasteiger partial charge in [-0.15, -0.1) is 0 Å². The Kier molecular flexibility index (Phi) is 32.0. The summed E-state index contributed by atoms with van der Waals surface area (Å²) in [5, 5.41) is 2.52. The van der Waals surface area contributed by atoms with Crippen LogP contribution in [0.2, 0.25) is 0 Å². The lowest BCUT2D eigenvalue weighted by Gasteiger charge is -1.82. The lowest BCUT2D eigenvalue weighted by molar-refractivity contribution is 0.275. The van der Waals surface area contributed by atoms with Gasteiger partial charge in [-0.3, -0.25) is 0 Å². The van der Waals surface area contributed by atoms with Crippen LogP contribution in [0.15, 0.2) is 33.2 Å². The van der Waals surface area contributed by atoms with Crippen molar-refractivity contribution in [3.05, 3.63) is 33.2 Å². The molecule has 0 aromatic rings. The zero-order chi connectivity index (χ0) is 17.4. The fourth-order valence-electron chi connectivity index (χ4n) is 0. The average Bonchev–Trinajstić information content (AvgIpc) is 2.28. The normalized spacial score (nSPS) is 8.65. The summed E-state index contributed by atoms with van der Waals surface area (Å²) in [5.41, 5.74) is 0. The van der Waals surface area contributed by atoms with E-state index in [2.05, 4.69) is 115 Å². The van der Waals surface area contributed by atoms with E-state index >= 15 is 0 Å². The standard InChI is InChI=1S/3C3H4Br2.H3O4P/c3*1-3(5)2-4;1-5(2,3)4/h3*1-2H2;(H3,1,2,3,4). The van der Waals surface area contributed by atoms with Crippen molar-refractivity contribution in [2.75, 3.05) is 16.0 Å². The smallest absolute Gasteiger partial charge is 0.303 e. The Bertz CT molecular complexity index is 276. The first-order chi connectivity index (χ1) is 8.81. The Balaban J connectivity index is -0.0000000853. The second-order valence-corrected chi connectivity index (χ2v) is 8.54. The van der Waals surface area contributed by atoms with Crippen LogP contribution in [0.25, 0.3) is 0 Å². The highest BCUT2D eigenvalue weighted by Crippen LogP contribution is 2.25. The van der Waals surface area contributed by atoms with Crippen LogP contribution in [-0.2, 0) is 4.57 Å². The number of phosphoric acid groups is 1. The fourth-order valence-corrected chi connectivity index (χ4v) is 0. The molecule has 0 fully saturated rings. The number of hydrogen-bond donors (Lipinski definition) is 3. The van der Waals surface area contributed by atoms with Gasteiger partial charge < -0.3 is 14.7 Å². The number of allylic oxidation sites excluding steroid dienone is 3. The van der Waals surface area contributed by atoms with Crippen LogP contribution in [0.1, 0.15) is 0 Å². The van der Waals surface area contributed by atoms with Crippen molar-refractivity contribution < 1.29 is 19.2 Å². The highest BCUT2D eigenvalue weighted by atomic mass is 79.9. The first-order valence-corrected chi connectivity index (χ1v) is 11.6. The molecule has 0 heterocycles. The van der Waals surface area contributed by atoms with Crippen LogP contribution in [-0.4, -0.2) is 30.7 Å². The van der Waals surface area contributed by atoms with Crippen molar-refractivity contribution >= 4 is 103 Å². The first kappa shape index (κ1) is 30.1.